The third-order valence-electron chi connectivity index (χ3n) is 4.60. The van der Waals surface area contributed by atoms with Crippen molar-refractivity contribution in [2.75, 3.05) is 23.0 Å². The Morgan fingerprint density at radius 3 is 1.77 bits per heavy atom. The average molecular weight is 462 g/mol. The topological polar surface area (TPSA) is 106 Å². The minimum absolute atomic E-state index is 0.0470. The van der Waals surface area contributed by atoms with Crippen LogP contribution in [0.3, 0.4) is 0 Å². The maximum absolute atomic E-state index is 13.2. The smallest absolute Gasteiger partial charge is 0.229 e. The summed E-state index contributed by atoms with van der Waals surface area (Å²) in [5.74, 6) is -0.872. The van der Waals surface area contributed by atoms with Crippen molar-refractivity contribution in [1.29, 1.82) is 0 Å². The second-order valence-electron chi connectivity index (χ2n) is 6.52. The normalized spacial score (nSPS) is 27.8. The average Bonchev–Trinajstić information content (AvgIpc) is 3.04. The fourth-order valence-corrected chi connectivity index (χ4v) is 9.27. The fourth-order valence-electron chi connectivity index (χ4n) is 3.40. The Labute approximate surface area is 163 Å². The first kappa shape index (κ1) is 20.3. The Balaban J connectivity index is 2.06. The van der Waals surface area contributed by atoms with Crippen LogP contribution < -0.4 is 0 Å². The number of halogens is 2. The molecule has 146 valence electrons. The van der Waals surface area contributed by atoms with Crippen LogP contribution in [-0.2, 0) is 29.7 Å². The summed E-state index contributed by atoms with van der Waals surface area (Å²) in [7, 11) is -10.9. The number of sulfone groups is 2. The first-order valence-electron chi connectivity index (χ1n) is 7.81. The van der Waals surface area contributed by atoms with Crippen LogP contribution in [0, 0.1) is 0 Å². The van der Waals surface area contributed by atoms with Crippen molar-refractivity contribution in [2.24, 2.45) is 0 Å². The summed E-state index contributed by atoms with van der Waals surface area (Å²) in [5, 5.41) is 0.231. The van der Waals surface area contributed by atoms with Gasteiger partial charge in [-0.1, -0.05) is 23.2 Å². The van der Waals surface area contributed by atoms with Crippen molar-refractivity contribution in [3.05, 3.63) is 28.2 Å². The van der Waals surface area contributed by atoms with E-state index in [1.165, 1.54) is 18.2 Å². The molecule has 12 heteroatoms. The van der Waals surface area contributed by atoms with E-state index in [4.69, 9.17) is 23.2 Å². The molecular weight excluding hydrogens is 445 g/mol. The van der Waals surface area contributed by atoms with Crippen LogP contribution in [0.15, 0.2) is 23.1 Å². The van der Waals surface area contributed by atoms with Gasteiger partial charge in [-0.25, -0.2) is 25.3 Å². The summed E-state index contributed by atoms with van der Waals surface area (Å²) >= 11 is 11.8. The van der Waals surface area contributed by atoms with Gasteiger partial charge in [0.05, 0.1) is 38.0 Å². The number of hydrogen-bond acceptors (Lipinski definition) is 6. The molecule has 0 aliphatic carbocycles. The molecule has 1 aromatic rings. The summed E-state index contributed by atoms with van der Waals surface area (Å²) in [5.41, 5.74) is 0. The van der Waals surface area contributed by atoms with Gasteiger partial charge in [-0.15, -0.1) is 0 Å². The third-order valence-corrected chi connectivity index (χ3v) is 10.8. The molecule has 0 saturated carbocycles. The van der Waals surface area contributed by atoms with Gasteiger partial charge in [-0.3, -0.25) is 0 Å². The molecule has 2 fully saturated rings. The van der Waals surface area contributed by atoms with Gasteiger partial charge in [0, 0.05) is 12.1 Å². The van der Waals surface area contributed by atoms with E-state index in [2.05, 4.69) is 0 Å². The van der Waals surface area contributed by atoms with Crippen molar-refractivity contribution in [2.45, 2.75) is 29.8 Å². The molecule has 2 heterocycles. The highest BCUT2D eigenvalue weighted by atomic mass is 35.5. The highest BCUT2D eigenvalue weighted by Crippen LogP contribution is 2.33. The van der Waals surface area contributed by atoms with Gasteiger partial charge < -0.3 is 0 Å². The zero-order chi connectivity index (χ0) is 19.3. The molecular formula is C14H17Cl2NO6S3. The second-order valence-corrected chi connectivity index (χ2v) is 13.6. The number of benzene rings is 1. The predicted octanol–water partition coefficient (Wildman–Crippen LogP) is 1.36. The lowest BCUT2D eigenvalue weighted by atomic mass is 10.2. The van der Waals surface area contributed by atoms with E-state index in [1.807, 2.05) is 0 Å². The fraction of sp³-hybridized carbons (Fsp3) is 0.571. The van der Waals surface area contributed by atoms with Crippen molar-refractivity contribution < 1.29 is 25.3 Å². The lowest BCUT2D eigenvalue weighted by molar-refractivity contribution is 0.280. The molecule has 2 saturated heterocycles. The van der Waals surface area contributed by atoms with E-state index >= 15 is 0 Å². The molecule has 1 aromatic carbocycles. The van der Waals surface area contributed by atoms with Crippen LogP contribution in [-0.4, -0.2) is 64.7 Å². The predicted molar refractivity (Wildman–Crippen MR) is 99.6 cm³/mol. The SMILES string of the molecule is O=S1(=O)CC[C@@H](N([C@H]2CCS(=O)(=O)C2)S(=O)(=O)c2ccc(Cl)c(Cl)c2)C1. The molecule has 7 nitrogen and oxygen atoms in total. The van der Waals surface area contributed by atoms with Gasteiger partial charge >= 0.3 is 0 Å². The molecule has 0 aromatic heterocycles. The third kappa shape index (κ3) is 4.05. The van der Waals surface area contributed by atoms with E-state index in [0.29, 0.717) is 0 Å². The Kier molecular flexibility index (Phi) is 5.39. The first-order valence-corrected chi connectivity index (χ1v) is 13.6. The minimum atomic E-state index is -4.15. The zero-order valence-electron chi connectivity index (χ0n) is 13.5. The van der Waals surface area contributed by atoms with E-state index < -0.39 is 41.8 Å². The van der Waals surface area contributed by atoms with Gasteiger partial charge in [0.15, 0.2) is 19.7 Å². The molecule has 3 rings (SSSR count). The highest BCUT2D eigenvalue weighted by Gasteiger charge is 2.46. The lowest BCUT2D eigenvalue weighted by Gasteiger charge is -2.32. The maximum atomic E-state index is 13.2. The van der Waals surface area contributed by atoms with Crippen molar-refractivity contribution in [1.82, 2.24) is 4.31 Å². The van der Waals surface area contributed by atoms with Gasteiger partial charge in [-0.05, 0) is 31.0 Å². The Morgan fingerprint density at radius 2 is 1.38 bits per heavy atom. The first-order chi connectivity index (χ1) is 11.9. The molecule has 0 spiro atoms. The summed E-state index contributed by atoms with van der Waals surface area (Å²) in [6.07, 6.45) is 0.277. The van der Waals surface area contributed by atoms with Gasteiger partial charge in [0.25, 0.3) is 0 Å². The molecule has 2 atom stereocenters. The summed E-state index contributed by atoms with van der Waals surface area (Å²) in [4.78, 5) is -0.138. The monoisotopic (exact) mass is 461 g/mol. The lowest BCUT2D eigenvalue weighted by Crippen LogP contribution is -2.48. The Bertz CT molecular complexity index is 992. The van der Waals surface area contributed by atoms with E-state index in [1.54, 1.807) is 0 Å². The van der Waals surface area contributed by atoms with Crippen LogP contribution in [0.25, 0.3) is 0 Å². The molecule has 0 radical (unpaired) electrons. The number of nitrogens with zero attached hydrogens (tertiary/aromatic N) is 1. The van der Waals surface area contributed by atoms with E-state index in [0.717, 1.165) is 4.31 Å². The maximum Gasteiger partial charge on any atom is 0.243 e. The van der Waals surface area contributed by atoms with Gasteiger partial charge in [-0.2, -0.15) is 4.31 Å². The summed E-state index contributed by atoms with van der Waals surface area (Å²) < 4.78 is 75.0. The largest absolute Gasteiger partial charge is 0.243 e. The van der Waals surface area contributed by atoms with Gasteiger partial charge in [0.1, 0.15) is 0 Å². The van der Waals surface area contributed by atoms with Crippen molar-refractivity contribution in [3.8, 4) is 0 Å². The minimum Gasteiger partial charge on any atom is -0.229 e. The highest BCUT2D eigenvalue weighted by molar-refractivity contribution is 7.92. The molecule has 2 aliphatic rings. The van der Waals surface area contributed by atoms with Crippen LogP contribution in [0.4, 0.5) is 0 Å². The Hall–Kier alpha value is -0.390. The van der Waals surface area contributed by atoms with Crippen molar-refractivity contribution in [3.63, 3.8) is 0 Å². The van der Waals surface area contributed by atoms with Crippen LogP contribution in [0.2, 0.25) is 10.0 Å². The molecule has 0 N–H and O–H groups in total. The van der Waals surface area contributed by atoms with Crippen molar-refractivity contribution >= 4 is 52.9 Å². The zero-order valence-corrected chi connectivity index (χ0v) is 17.5. The Morgan fingerprint density at radius 1 is 0.885 bits per heavy atom. The van der Waals surface area contributed by atoms with E-state index in [-0.39, 0.29) is 50.8 Å². The molecule has 26 heavy (non-hydrogen) atoms. The molecule has 0 amide bonds. The second kappa shape index (κ2) is 6.89. The summed E-state index contributed by atoms with van der Waals surface area (Å²) in [6.45, 7) is 0. The molecule has 2 aliphatic heterocycles. The number of hydrogen-bond donors (Lipinski definition) is 0. The standard InChI is InChI=1S/C14H17Cl2NO6S3/c15-13-2-1-12(7-14(13)16)26(22,23)17(10-3-5-24(18,19)8-10)11-4-6-25(20,21)9-11/h1-2,7,10-11H,3-6,8-9H2/t10-,11+. The molecule has 0 unspecified atom stereocenters. The summed E-state index contributed by atoms with van der Waals surface area (Å²) in [6, 6.07) is 2.23. The quantitative estimate of drug-likeness (QED) is 0.669. The van der Waals surface area contributed by atoms with Crippen LogP contribution in [0.1, 0.15) is 12.8 Å². The molecule has 0 bridgehead atoms. The number of rotatable bonds is 4. The van der Waals surface area contributed by atoms with E-state index in [9.17, 15) is 25.3 Å². The van der Waals surface area contributed by atoms with Crippen LogP contribution >= 0.6 is 23.2 Å². The van der Waals surface area contributed by atoms with Crippen LogP contribution in [0.5, 0.6) is 0 Å². The number of sulfonamides is 1. The van der Waals surface area contributed by atoms with Gasteiger partial charge in [0.2, 0.25) is 10.0 Å².